The molecular weight excluding hydrogens is 488 g/mol. The number of H-pyrrole nitrogens is 1. The standard InChI is InChI=1S/C32H36N4O3/c1-38-16-14-36(15-17-39-2)21-23-8-6-22(7-9-23)10-13-29-27-12-11-24(18-30(27)35-34-29)28-20-32(28)25-4-3-5-26(19-25)33-31(32)37/h3,5-13,18-19,25,28H,4,14-17,20-21H2,1-2H3,(H,33,37)(H,34,35)/b13-10+/t25?,28-,32-/m0/s1. The van der Waals surface area contributed by atoms with E-state index in [2.05, 4.69) is 87.2 Å². The molecule has 2 aliphatic carbocycles. The van der Waals surface area contributed by atoms with Crippen molar-refractivity contribution in [2.24, 2.45) is 11.3 Å². The van der Waals surface area contributed by atoms with Gasteiger partial charge in [0.2, 0.25) is 5.91 Å². The molecule has 6 rings (SSSR count). The van der Waals surface area contributed by atoms with Gasteiger partial charge in [-0.15, -0.1) is 0 Å². The predicted octanol–water partition coefficient (Wildman–Crippen LogP) is 4.89. The normalized spacial score (nSPS) is 23.7. The van der Waals surface area contributed by atoms with Gasteiger partial charge in [-0.1, -0.05) is 54.6 Å². The lowest BCUT2D eigenvalue weighted by atomic mass is 9.77. The van der Waals surface area contributed by atoms with Crippen molar-refractivity contribution < 1.29 is 14.3 Å². The van der Waals surface area contributed by atoms with Gasteiger partial charge in [0.1, 0.15) is 0 Å². The molecule has 1 spiro atoms. The second kappa shape index (κ2) is 10.9. The number of aromatic amines is 1. The van der Waals surface area contributed by atoms with Crippen LogP contribution in [0.4, 0.5) is 0 Å². The second-order valence-corrected chi connectivity index (χ2v) is 10.9. The quantitative estimate of drug-likeness (QED) is 0.373. The number of methoxy groups -OCH3 is 2. The maximum atomic E-state index is 13.0. The van der Waals surface area contributed by atoms with Gasteiger partial charge in [0.05, 0.1) is 29.8 Å². The number of hydrogen-bond donors (Lipinski definition) is 2. The Balaban J connectivity index is 1.12. The van der Waals surface area contributed by atoms with E-state index >= 15 is 0 Å². The summed E-state index contributed by atoms with van der Waals surface area (Å²) >= 11 is 0. The molecule has 1 amide bonds. The first-order valence-electron chi connectivity index (χ1n) is 13.8. The average Bonchev–Trinajstić information content (AvgIpc) is 3.60. The monoisotopic (exact) mass is 524 g/mol. The Hall–Kier alpha value is -3.52. The molecule has 0 radical (unpaired) electrons. The summed E-state index contributed by atoms with van der Waals surface area (Å²) in [5.74, 6) is 0.714. The Bertz CT molecular complexity index is 1430. The first-order valence-corrected chi connectivity index (χ1v) is 13.8. The predicted molar refractivity (Wildman–Crippen MR) is 154 cm³/mol. The van der Waals surface area contributed by atoms with Crippen molar-refractivity contribution in [1.29, 1.82) is 0 Å². The topological polar surface area (TPSA) is 79.5 Å². The zero-order valence-electron chi connectivity index (χ0n) is 22.7. The summed E-state index contributed by atoms with van der Waals surface area (Å²) in [6.45, 7) is 4.02. The van der Waals surface area contributed by atoms with E-state index in [1.54, 1.807) is 14.2 Å². The fourth-order valence-corrected chi connectivity index (χ4v) is 6.18. The van der Waals surface area contributed by atoms with Crippen LogP contribution in [-0.2, 0) is 20.8 Å². The molecule has 2 heterocycles. The van der Waals surface area contributed by atoms with E-state index in [9.17, 15) is 4.79 Å². The fraction of sp³-hybridized carbons (Fsp3) is 0.375. The number of ether oxygens (including phenoxy) is 2. The number of fused-ring (bicyclic) bond motifs is 3. The lowest BCUT2D eigenvalue weighted by Crippen LogP contribution is -2.42. The summed E-state index contributed by atoms with van der Waals surface area (Å²) in [6, 6.07) is 15.1. The number of carbonyl (C=O) groups excluding carboxylic acids is 1. The Morgan fingerprint density at radius 1 is 1.08 bits per heavy atom. The lowest BCUT2D eigenvalue weighted by Gasteiger charge is -2.32. The van der Waals surface area contributed by atoms with Gasteiger partial charge in [0.25, 0.3) is 0 Å². The maximum Gasteiger partial charge on any atom is 0.231 e. The first kappa shape index (κ1) is 25.7. The Kier molecular flexibility index (Phi) is 7.21. The molecule has 7 heteroatoms. The molecule has 3 aromatic rings. The summed E-state index contributed by atoms with van der Waals surface area (Å²) < 4.78 is 10.5. The third-order valence-corrected chi connectivity index (χ3v) is 8.48. The van der Waals surface area contributed by atoms with Gasteiger partial charge in [-0.25, -0.2) is 0 Å². The Morgan fingerprint density at radius 2 is 1.87 bits per heavy atom. The highest BCUT2D eigenvalue weighted by molar-refractivity contribution is 5.93. The smallest absolute Gasteiger partial charge is 0.231 e. The van der Waals surface area contributed by atoms with Crippen LogP contribution < -0.4 is 5.32 Å². The van der Waals surface area contributed by atoms with Crippen LogP contribution >= 0.6 is 0 Å². The van der Waals surface area contributed by atoms with Gasteiger partial charge in [-0.05, 0) is 53.7 Å². The van der Waals surface area contributed by atoms with Crippen molar-refractivity contribution >= 4 is 29.0 Å². The van der Waals surface area contributed by atoms with Crippen LogP contribution in [0.1, 0.15) is 41.1 Å². The summed E-state index contributed by atoms with van der Waals surface area (Å²) in [5, 5.41) is 12.0. The lowest BCUT2D eigenvalue weighted by molar-refractivity contribution is -0.127. The molecule has 1 aromatic heterocycles. The van der Waals surface area contributed by atoms with E-state index in [4.69, 9.17) is 9.47 Å². The molecule has 1 saturated carbocycles. The minimum absolute atomic E-state index is 0.177. The first-order chi connectivity index (χ1) is 19.1. The molecule has 1 aliphatic heterocycles. The molecule has 2 bridgehead atoms. The second-order valence-electron chi connectivity index (χ2n) is 10.9. The number of nitrogens with zero attached hydrogens (tertiary/aromatic N) is 2. The number of hydrogen-bond acceptors (Lipinski definition) is 5. The zero-order valence-corrected chi connectivity index (χ0v) is 22.7. The zero-order chi connectivity index (χ0) is 26.8. The van der Waals surface area contributed by atoms with Crippen LogP contribution in [0.5, 0.6) is 0 Å². The molecule has 2 aromatic carbocycles. The number of carbonyl (C=O) groups is 1. The van der Waals surface area contributed by atoms with Crippen molar-refractivity contribution in [2.45, 2.75) is 25.3 Å². The summed E-state index contributed by atoms with van der Waals surface area (Å²) in [6.07, 6.45) is 12.4. The maximum absolute atomic E-state index is 13.0. The molecule has 3 atom stereocenters. The molecule has 3 aliphatic rings. The van der Waals surface area contributed by atoms with Crippen LogP contribution in [0.3, 0.4) is 0 Å². The highest BCUT2D eigenvalue weighted by Crippen LogP contribution is 2.66. The summed E-state index contributed by atoms with van der Waals surface area (Å²) in [7, 11) is 3.47. The summed E-state index contributed by atoms with van der Waals surface area (Å²) in [5.41, 5.74) is 6.17. The van der Waals surface area contributed by atoms with Crippen LogP contribution in [0, 0.1) is 11.3 Å². The number of benzene rings is 2. The molecule has 0 saturated heterocycles. The van der Waals surface area contributed by atoms with Crippen molar-refractivity contribution in [3.05, 3.63) is 88.8 Å². The van der Waals surface area contributed by atoms with Gasteiger partial charge in [0.15, 0.2) is 0 Å². The van der Waals surface area contributed by atoms with Crippen LogP contribution in [0.2, 0.25) is 0 Å². The van der Waals surface area contributed by atoms with E-state index in [-0.39, 0.29) is 23.2 Å². The largest absolute Gasteiger partial charge is 0.383 e. The number of nitrogens with one attached hydrogen (secondary N) is 2. The van der Waals surface area contributed by atoms with E-state index in [1.807, 2.05) is 6.08 Å². The fourth-order valence-electron chi connectivity index (χ4n) is 6.18. The van der Waals surface area contributed by atoms with Gasteiger partial charge in [-0.3, -0.25) is 14.8 Å². The van der Waals surface area contributed by atoms with Crippen LogP contribution in [0.15, 0.2) is 66.4 Å². The molecule has 1 fully saturated rings. The minimum atomic E-state index is -0.304. The number of allylic oxidation sites excluding steroid dienone is 3. The third-order valence-electron chi connectivity index (χ3n) is 8.48. The van der Waals surface area contributed by atoms with Gasteiger partial charge in [-0.2, -0.15) is 5.10 Å². The minimum Gasteiger partial charge on any atom is -0.383 e. The van der Waals surface area contributed by atoms with Crippen molar-refractivity contribution in [2.75, 3.05) is 40.5 Å². The molecule has 1 unspecified atom stereocenters. The highest BCUT2D eigenvalue weighted by Gasteiger charge is 2.65. The number of aromatic nitrogens is 2. The van der Waals surface area contributed by atoms with Crippen LogP contribution in [-0.4, -0.2) is 61.5 Å². The number of amides is 1. The highest BCUT2D eigenvalue weighted by atomic mass is 16.5. The molecule has 7 nitrogen and oxygen atoms in total. The molecular formula is C32H36N4O3. The van der Waals surface area contributed by atoms with Crippen molar-refractivity contribution in [1.82, 2.24) is 20.4 Å². The SMILES string of the molecule is COCCN(CCOC)Cc1ccc(/C=C/c2n[nH]c3cc([C@@H]4C[C@@]45C(=O)NC4=CC5CC=C4)ccc23)cc1. The molecule has 2 N–H and O–H groups in total. The number of rotatable bonds is 11. The van der Waals surface area contributed by atoms with E-state index in [1.165, 1.54) is 11.1 Å². The van der Waals surface area contributed by atoms with Crippen molar-refractivity contribution in [3.8, 4) is 0 Å². The molecule has 39 heavy (non-hydrogen) atoms. The summed E-state index contributed by atoms with van der Waals surface area (Å²) in [4.78, 5) is 15.3. The van der Waals surface area contributed by atoms with Crippen LogP contribution in [0.25, 0.3) is 23.1 Å². The van der Waals surface area contributed by atoms with E-state index < -0.39 is 0 Å². The van der Waals surface area contributed by atoms with Gasteiger partial charge < -0.3 is 14.8 Å². The van der Waals surface area contributed by atoms with Crippen molar-refractivity contribution in [3.63, 3.8) is 0 Å². The van der Waals surface area contributed by atoms with E-state index in [0.29, 0.717) is 13.2 Å². The Morgan fingerprint density at radius 3 is 2.64 bits per heavy atom. The van der Waals surface area contributed by atoms with Gasteiger partial charge >= 0.3 is 0 Å². The van der Waals surface area contributed by atoms with Gasteiger partial charge in [0, 0.05) is 50.9 Å². The molecule has 202 valence electrons. The Labute approximate surface area is 229 Å². The van der Waals surface area contributed by atoms with E-state index in [0.717, 1.165) is 60.3 Å². The average molecular weight is 525 g/mol. The third kappa shape index (κ3) is 5.10.